The van der Waals surface area contributed by atoms with E-state index in [1.54, 1.807) is 18.5 Å². The molecule has 2 rings (SSSR count). The van der Waals surface area contributed by atoms with Gasteiger partial charge in [-0.15, -0.1) is 5.10 Å². The summed E-state index contributed by atoms with van der Waals surface area (Å²) in [5, 5.41) is 7.70. The van der Waals surface area contributed by atoms with Crippen molar-refractivity contribution in [2.75, 3.05) is 13.1 Å². The summed E-state index contributed by atoms with van der Waals surface area (Å²) in [5.74, 6) is 0. The van der Waals surface area contributed by atoms with Gasteiger partial charge in [0.05, 0.1) is 11.4 Å². The van der Waals surface area contributed by atoms with Gasteiger partial charge in [0.25, 0.3) is 5.16 Å². The molecule has 2 aromatic heterocycles. The summed E-state index contributed by atoms with van der Waals surface area (Å²) in [6.07, 6.45) is 1.13. The number of sulfone groups is 1. The molecule has 0 aliphatic heterocycles. The van der Waals surface area contributed by atoms with Gasteiger partial charge >= 0.3 is 6.03 Å². The van der Waals surface area contributed by atoms with Crippen molar-refractivity contribution in [3.63, 3.8) is 0 Å². The summed E-state index contributed by atoms with van der Waals surface area (Å²) in [7, 11) is -3.94. The molecule has 2 aromatic rings. The Bertz CT molecular complexity index is 848. The van der Waals surface area contributed by atoms with Crippen molar-refractivity contribution >= 4 is 15.9 Å². The van der Waals surface area contributed by atoms with E-state index >= 15 is 0 Å². The van der Waals surface area contributed by atoms with E-state index in [2.05, 4.69) is 15.2 Å². The number of rotatable bonds is 5. The Morgan fingerprint density at radius 2 is 1.79 bits per heavy atom. The molecule has 0 fully saturated rings. The minimum absolute atomic E-state index is 0.0948. The van der Waals surface area contributed by atoms with Crippen LogP contribution in [0.2, 0.25) is 0 Å². The standard InChI is InChI=1S/C14H22N6O3S/c1-6-18(7-2)14(21)20-9-15-13(17-20)24(22,23)12-10(4)16-19(8-3)11(12)5/h9H,6-8H2,1-5H3. The van der Waals surface area contributed by atoms with Gasteiger partial charge in [-0.3, -0.25) is 4.68 Å². The summed E-state index contributed by atoms with van der Waals surface area (Å²) < 4.78 is 28.2. The number of hydrogen-bond donors (Lipinski definition) is 0. The summed E-state index contributed by atoms with van der Waals surface area (Å²) in [5.41, 5.74) is 0.919. The lowest BCUT2D eigenvalue weighted by atomic mass is 10.4. The van der Waals surface area contributed by atoms with Crippen LogP contribution in [0, 0.1) is 13.8 Å². The van der Waals surface area contributed by atoms with Crippen molar-refractivity contribution in [1.29, 1.82) is 0 Å². The van der Waals surface area contributed by atoms with Gasteiger partial charge in [0.1, 0.15) is 11.2 Å². The van der Waals surface area contributed by atoms with Gasteiger partial charge in [-0.05, 0) is 34.6 Å². The molecule has 0 bridgehead atoms. The van der Waals surface area contributed by atoms with Crippen LogP contribution in [0.3, 0.4) is 0 Å². The molecule has 0 unspecified atom stereocenters. The van der Waals surface area contributed by atoms with Crippen LogP contribution in [0.15, 0.2) is 16.4 Å². The first-order valence-electron chi connectivity index (χ1n) is 7.77. The van der Waals surface area contributed by atoms with E-state index in [9.17, 15) is 13.2 Å². The molecule has 0 radical (unpaired) electrons. The molecule has 0 spiro atoms. The molecule has 0 saturated heterocycles. The van der Waals surface area contributed by atoms with Crippen LogP contribution in [-0.2, 0) is 16.4 Å². The fourth-order valence-corrected chi connectivity index (χ4v) is 4.06. The van der Waals surface area contributed by atoms with E-state index < -0.39 is 21.0 Å². The molecule has 132 valence electrons. The zero-order valence-corrected chi connectivity index (χ0v) is 15.3. The van der Waals surface area contributed by atoms with E-state index in [4.69, 9.17) is 0 Å². The third kappa shape index (κ3) is 2.93. The first-order valence-corrected chi connectivity index (χ1v) is 9.26. The first kappa shape index (κ1) is 18.1. The molecule has 0 aliphatic rings. The number of hydrogen-bond acceptors (Lipinski definition) is 6. The number of carbonyl (C=O) groups excluding carboxylic acids is 1. The number of carbonyl (C=O) groups is 1. The Kier molecular flexibility index (Phi) is 5.07. The third-order valence-electron chi connectivity index (χ3n) is 3.82. The maximum absolute atomic E-state index is 12.8. The van der Waals surface area contributed by atoms with Crippen LogP contribution in [0.1, 0.15) is 32.2 Å². The Balaban J connectivity index is 2.46. The second-order valence-corrected chi connectivity index (χ2v) is 7.03. The fraction of sp³-hybridized carbons (Fsp3) is 0.571. The summed E-state index contributed by atoms with van der Waals surface area (Å²) in [4.78, 5) is 17.7. The van der Waals surface area contributed by atoms with Crippen molar-refractivity contribution in [2.24, 2.45) is 0 Å². The average Bonchev–Trinajstić information content (AvgIpc) is 3.13. The number of aryl methyl sites for hydroxylation is 2. The smallest absolute Gasteiger partial charge is 0.323 e. The second kappa shape index (κ2) is 6.71. The molecular formula is C14H22N6O3S. The van der Waals surface area contributed by atoms with Gasteiger partial charge in [0.2, 0.25) is 9.84 Å². The fourth-order valence-electron chi connectivity index (χ4n) is 2.57. The topological polar surface area (TPSA) is 103 Å². The van der Waals surface area contributed by atoms with Crippen LogP contribution in [0.25, 0.3) is 0 Å². The van der Waals surface area contributed by atoms with Crippen LogP contribution in [0.4, 0.5) is 4.79 Å². The highest BCUT2D eigenvalue weighted by Crippen LogP contribution is 2.24. The largest absolute Gasteiger partial charge is 0.346 e. The van der Waals surface area contributed by atoms with Crippen LogP contribution >= 0.6 is 0 Å². The highest BCUT2D eigenvalue weighted by atomic mass is 32.2. The van der Waals surface area contributed by atoms with Crippen molar-refractivity contribution in [1.82, 2.24) is 29.4 Å². The third-order valence-corrected chi connectivity index (χ3v) is 5.62. The lowest BCUT2D eigenvalue weighted by molar-refractivity contribution is 0.201. The van der Waals surface area contributed by atoms with Gasteiger partial charge < -0.3 is 4.90 Å². The molecular weight excluding hydrogens is 332 g/mol. The zero-order valence-electron chi connectivity index (χ0n) is 14.5. The van der Waals surface area contributed by atoms with E-state index in [1.807, 2.05) is 20.8 Å². The van der Waals surface area contributed by atoms with Gasteiger partial charge in [-0.25, -0.2) is 18.2 Å². The van der Waals surface area contributed by atoms with Crippen molar-refractivity contribution in [2.45, 2.75) is 51.2 Å². The number of nitrogens with zero attached hydrogens (tertiary/aromatic N) is 6. The molecule has 0 aromatic carbocycles. The van der Waals surface area contributed by atoms with Crippen LogP contribution in [0.5, 0.6) is 0 Å². The minimum atomic E-state index is -3.94. The van der Waals surface area contributed by atoms with Crippen molar-refractivity contribution in [3.05, 3.63) is 17.7 Å². The molecule has 9 nitrogen and oxygen atoms in total. The minimum Gasteiger partial charge on any atom is -0.323 e. The molecule has 0 atom stereocenters. The predicted molar refractivity (Wildman–Crippen MR) is 86.6 cm³/mol. The Hall–Kier alpha value is -2.23. The van der Waals surface area contributed by atoms with Gasteiger partial charge in [-0.1, -0.05) is 0 Å². The van der Waals surface area contributed by atoms with E-state index in [1.165, 1.54) is 4.90 Å². The van der Waals surface area contributed by atoms with Crippen LogP contribution in [-0.4, -0.2) is 57.0 Å². The maximum atomic E-state index is 12.8. The Labute approximate surface area is 141 Å². The predicted octanol–water partition coefficient (Wildman–Crippen LogP) is 1.25. The molecule has 0 aliphatic carbocycles. The number of amides is 1. The lowest BCUT2D eigenvalue weighted by Gasteiger charge is -2.17. The van der Waals surface area contributed by atoms with Gasteiger partial charge in [0.15, 0.2) is 0 Å². The van der Waals surface area contributed by atoms with Crippen molar-refractivity contribution in [3.8, 4) is 0 Å². The summed E-state index contributed by atoms with van der Waals surface area (Å²) in [6.45, 7) is 10.4. The van der Waals surface area contributed by atoms with E-state index in [0.717, 1.165) is 11.0 Å². The summed E-state index contributed by atoms with van der Waals surface area (Å²) >= 11 is 0. The molecule has 2 heterocycles. The second-order valence-electron chi connectivity index (χ2n) is 5.25. The highest BCUT2D eigenvalue weighted by molar-refractivity contribution is 7.91. The molecule has 24 heavy (non-hydrogen) atoms. The van der Waals surface area contributed by atoms with E-state index in [0.29, 0.717) is 31.0 Å². The molecule has 0 saturated carbocycles. The van der Waals surface area contributed by atoms with Crippen molar-refractivity contribution < 1.29 is 13.2 Å². The lowest BCUT2D eigenvalue weighted by Crippen LogP contribution is -2.34. The summed E-state index contributed by atoms with van der Waals surface area (Å²) in [6, 6.07) is -0.411. The quantitative estimate of drug-likeness (QED) is 0.801. The maximum Gasteiger partial charge on any atom is 0.346 e. The Morgan fingerprint density at radius 3 is 2.29 bits per heavy atom. The zero-order chi connectivity index (χ0) is 18.1. The first-order chi connectivity index (χ1) is 11.3. The van der Waals surface area contributed by atoms with Gasteiger partial charge in [0, 0.05) is 19.6 Å². The number of aromatic nitrogens is 5. The SMILES string of the molecule is CCN(CC)C(=O)n1cnc(S(=O)(=O)c2c(C)nn(CC)c2C)n1. The Morgan fingerprint density at radius 1 is 1.17 bits per heavy atom. The molecule has 0 N–H and O–H groups in total. The van der Waals surface area contributed by atoms with Crippen LogP contribution < -0.4 is 0 Å². The molecule has 10 heteroatoms. The normalized spacial score (nSPS) is 11.7. The average molecular weight is 354 g/mol. The van der Waals surface area contributed by atoms with Gasteiger partial charge in [-0.2, -0.15) is 9.78 Å². The van der Waals surface area contributed by atoms with E-state index in [-0.39, 0.29) is 4.90 Å². The highest BCUT2D eigenvalue weighted by Gasteiger charge is 2.30. The monoisotopic (exact) mass is 354 g/mol. The molecule has 1 amide bonds.